The Morgan fingerprint density at radius 2 is 1.75 bits per heavy atom. The maximum atomic E-state index is 15.0. The van der Waals surface area contributed by atoms with Crippen LogP contribution in [-0.4, -0.2) is 138 Å². The number of nitrogens with zero attached hydrogens (tertiary/aromatic N) is 4. The molecule has 4 aliphatic rings. The lowest BCUT2D eigenvalue weighted by Gasteiger charge is -2.40. The molecule has 2 aromatic rings. The lowest BCUT2D eigenvalue weighted by molar-refractivity contribution is -0.165. The standard InChI is InChI=1S/C43H56N4O8/c1-5-7-18-35(49)44(4)30(3)38(32-16-12-9-13-17-32)54-42(52)36-34-19-20-43(55-34)37(36)40(50)47(33(29-48)28-31-14-10-8-11-15-31)39(43)41(51)46(21-6-2)23-22-45-24-26-53-27-25-45/h5-6,8-17,30,33-34,36-39,48H,1-2,7,18-29H2,3-4H3/t30-,33-,34+,36-,37-,38+,39+,43-/m1/s1. The topological polar surface area (TPSA) is 129 Å². The van der Waals surface area contributed by atoms with Crippen LogP contribution in [0.3, 0.4) is 0 Å². The number of esters is 1. The highest BCUT2D eigenvalue weighted by Crippen LogP contribution is 2.59. The van der Waals surface area contributed by atoms with Gasteiger partial charge in [-0.1, -0.05) is 72.8 Å². The van der Waals surface area contributed by atoms with E-state index in [9.17, 15) is 14.7 Å². The summed E-state index contributed by atoms with van der Waals surface area (Å²) in [7, 11) is 1.69. The van der Waals surface area contributed by atoms with E-state index in [0.717, 1.165) is 18.7 Å². The molecule has 0 aromatic heterocycles. The predicted octanol–water partition coefficient (Wildman–Crippen LogP) is 3.41. The molecule has 1 N–H and O–H groups in total. The van der Waals surface area contributed by atoms with Gasteiger partial charge in [-0.2, -0.15) is 0 Å². The van der Waals surface area contributed by atoms with Gasteiger partial charge >= 0.3 is 5.97 Å². The Balaban J connectivity index is 1.33. The normalized spacial score (nSPS) is 26.2. The average molecular weight is 757 g/mol. The molecule has 12 nitrogen and oxygen atoms in total. The summed E-state index contributed by atoms with van der Waals surface area (Å²) in [5.41, 5.74) is 0.315. The molecule has 1 spiro atoms. The van der Waals surface area contributed by atoms with E-state index < -0.39 is 59.6 Å². The minimum Gasteiger partial charge on any atom is -0.455 e. The lowest BCUT2D eigenvalue weighted by atomic mass is 9.70. The van der Waals surface area contributed by atoms with Crippen molar-refractivity contribution < 1.29 is 38.5 Å². The fourth-order valence-electron chi connectivity index (χ4n) is 9.00. The first kappa shape index (κ1) is 40.3. The van der Waals surface area contributed by atoms with Crippen LogP contribution in [0.4, 0.5) is 0 Å². The van der Waals surface area contributed by atoms with Gasteiger partial charge in [0.15, 0.2) is 0 Å². The summed E-state index contributed by atoms with van der Waals surface area (Å²) >= 11 is 0. The minimum atomic E-state index is -1.30. The fourth-order valence-corrected chi connectivity index (χ4v) is 9.00. The van der Waals surface area contributed by atoms with Crippen LogP contribution in [0.2, 0.25) is 0 Å². The molecule has 0 unspecified atom stereocenters. The van der Waals surface area contributed by atoms with E-state index in [0.29, 0.717) is 57.6 Å². The van der Waals surface area contributed by atoms with Crippen molar-refractivity contribution in [1.29, 1.82) is 0 Å². The van der Waals surface area contributed by atoms with Crippen LogP contribution in [0.25, 0.3) is 0 Å². The van der Waals surface area contributed by atoms with Gasteiger partial charge in [-0.05, 0) is 43.7 Å². The van der Waals surface area contributed by atoms with Crippen LogP contribution in [0.5, 0.6) is 0 Å². The smallest absolute Gasteiger partial charge is 0.313 e. The number of fused-ring (bicyclic) bond motifs is 1. The van der Waals surface area contributed by atoms with Gasteiger partial charge in [0.2, 0.25) is 17.7 Å². The third kappa shape index (κ3) is 8.28. The number of ether oxygens (including phenoxy) is 3. The third-order valence-corrected chi connectivity index (χ3v) is 12.0. The summed E-state index contributed by atoms with van der Waals surface area (Å²) in [5, 5.41) is 10.9. The number of aliphatic hydroxyl groups excluding tert-OH is 1. The van der Waals surface area contributed by atoms with Crippen LogP contribution in [0.1, 0.15) is 49.8 Å². The molecule has 0 aliphatic carbocycles. The van der Waals surface area contributed by atoms with Gasteiger partial charge in [0.05, 0.1) is 49.8 Å². The average Bonchev–Trinajstić information content (AvgIpc) is 3.87. The number of likely N-dealkylation sites (tertiary alicyclic amines) is 1. The van der Waals surface area contributed by atoms with Crippen LogP contribution < -0.4 is 0 Å². The van der Waals surface area contributed by atoms with Gasteiger partial charge in [0.25, 0.3) is 0 Å². The molecule has 2 bridgehead atoms. The second kappa shape index (κ2) is 18.1. The Morgan fingerprint density at radius 3 is 2.40 bits per heavy atom. The van der Waals surface area contributed by atoms with Gasteiger partial charge in [0.1, 0.15) is 17.7 Å². The summed E-state index contributed by atoms with van der Waals surface area (Å²) in [4.78, 5) is 64.9. The number of amides is 3. The molecule has 55 heavy (non-hydrogen) atoms. The molecule has 2 aromatic carbocycles. The number of allylic oxidation sites excluding steroid dienone is 1. The molecule has 8 atom stereocenters. The number of rotatable bonds is 18. The van der Waals surface area contributed by atoms with E-state index in [-0.39, 0.29) is 31.4 Å². The van der Waals surface area contributed by atoms with E-state index in [4.69, 9.17) is 14.2 Å². The summed E-state index contributed by atoms with van der Waals surface area (Å²) in [6.45, 7) is 13.2. The van der Waals surface area contributed by atoms with Crippen molar-refractivity contribution >= 4 is 23.7 Å². The summed E-state index contributed by atoms with van der Waals surface area (Å²) in [6, 6.07) is 16.5. The highest BCUT2D eigenvalue weighted by Gasteiger charge is 2.75. The van der Waals surface area contributed by atoms with E-state index >= 15 is 9.59 Å². The zero-order chi connectivity index (χ0) is 39.1. The van der Waals surface area contributed by atoms with E-state index in [1.54, 1.807) is 29.0 Å². The number of morpholine rings is 1. The Bertz CT molecular complexity index is 1670. The lowest BCUT2D eigenvalue weighted by Crippen LogP contribution is -2.59. The Hall–Kier alpha value is -4.36. The molecule has 4 heterocycles. The van der Waals surface area contributed by atoms with Crippen molar-refractivity contribution in [3.63, 3.8) is 0 Å². The van der Waals surface area contributed by atoms with Crippen LogP contribution in [0, 0.1) is 11.8 Å². The molecule has 4 aliphatic heterocycles. The first-order valence-corrected chi connectivity index (χ1v) is 19.6. The number of carbonyl (C=O) groups is 4. The van der Waals surface area contributed by atoms with Gasteiger partial charge in [-0.3, -0.25) is 24.1 Å². The van der Waals surface area contributed by atoms with Crippen LogP contribution in [0.15, 0.2) is 86.0 Å². The zero-order valence-electron chi connectivity index (χ0n) is 32.2. The minimum absolute atomic E-state index is 0.110. The monoisotopic (exact) mass is 756 g/mol. The number of carbonyl (C=O) groups excluding carboxylic acids is 4. The van der Waals surface area contributed by atoms with E-state index in [1.807, 2.05) is 67.6 Å². The Kier molecular flexibility index (Phi) is 13.2. The highest BCUT2D eigenvalue weighted by atomic mass is 16.6. The molecule has 3 amide bonds. The molecular weight excluding hydrogens is 700 g/mol. The van der Waals surface area contributed by atoms with Gasteiger partial charge in [0, 0.05) is 46.2 Å². The number of hydrogen-bond acceptors (Lipinski definition) is 9. The van der Waals surface area contributed by atoms with Crippen LogP contribution >= 0.6 is 0 Å². The Labute approximate surface area is 324 Å². The van der Waals surface area contributed by atoms with Crippen molar-refractivity contribution in [3.8, 4) is 0 Å². The molecule has 4 saturated heterocycles. The molecule has 6 rings (SSSR count). The van der Waals surface area contributed by atoms with Crippen molar-refractivity contribution in [3.05, 3.63) is 97.1 Å². The fraction of sp³-hybridized carbons (Fsp3) is 0.535. The van der Waals surface area contributed by atoms with Gasteiger partial charge < -0.3 is 34.0 Å². The quantitative estimate of drug-likeness (QED) is 0.180. The first-order valence-electron chi connectivity index (χ1n) is 19.6. The maximum absolute atomic E-state index is 15.0. The largest absolute Gasteiger partial charge is 0.455 e. The van der Waals surface area contributed by atoms with Crippen molar-refractivity contribution in [2.75, 3.05) is 59.6 Å². The molecular formula is C43H56N4O8. The van der Waals surface area contributed by atoms with E-state index in [1.165, 1.54) is 4.90 Å². The summed E-state index contributed by atoms with van der Waals surface area (Å²) in [6.07, 6.45) is 3.86. The van der Waals surface area contributed by atoms with Crippen molar-refractivity contribution in [2.45, 2.75) is 75.0 Å². The number of benzene rings is 2. The summed E-state index contributed by atoms with van der Waals surface area (Å²) in [5.74, 6) is -3.39. The SMILES string of the molecule is C=CCCC(=O)N(C)[C@H](C)[C@H](OC(=O)[C@@H]1[C@@H]2CC[C@]3(O2)[C@H](C(=O)N(CC=C)CCN2CCOCC2)N([C@@H](CO)Cc2ccccc2)C(=O)[C@@H]13)c1ccccc1. The van der Waals surface area contributed by atoms with Gasteiger partial charge in [-0.15, -0.1) is 13.2 Å². The second-order valence-corrected chi connectivity index (χ2v) is 15.2. The zero-order valence-corrected chi connectivity index (χ0v) is 32.2. The number of likely N-dealkylation sites (N-methyl/N-ethyl adjacent to an activating group) is 1. The molecule has 12 heteroatoms. The third-order valence-electron chi connectivity index (χ3n) is 12.0. The van der Waals surface area contributed by atoms with Crippen LogP contribution in [-0.2, 0) is 39.8 Å². The molecule has 4 fully saturated rings. The highest BCUT2D eigenvalue weighted by molar-refractivity contribution is 5.98. The molecule has 296 valence electrons. The molecule has 0 radical (unpaired) electrons. The van der Waals surface area contributed by atoms with Crippen molar-refractivity contribution in [1.82, 2.24) is 19.6 Å². The summed E-state index contributed by atoms with van der Waals surface area (Å²) < 4.78 is 18.7. The van der Waals surface area contributed by atoms with Gasteiger partial charge in [-0.25, -0.2) is 0 Å². The Morgan fingerprint density at radius 1 is 1.05 bits per heavy atom. The second-order valence-electron chi connectivity index (χ2n) is 15.2. The number of aliphatic hydroxyl groups is 1. The molecule has 0 saturated carbocycles. The van der Waals surface area contributed by atoms with E-state index in [2.05, 4.69) is 18.1 Å². The maximum Gasteiger partial charge on any atom is 0.313 e. The van der Waals surface area contributed by atoms with Crippen molar-refractivity contribution in [2.24, 2.45) is 11.8 Å². The number of hydrogen-bond donors (Lipinski definition) is 1. The predicted molar refractivity (Wildman–Crippen MR) is 206 cm³/mol. The first-order chi connectivity index (χ1) is 26.6.